The van der Waals surface area contributed by atoms with Crippen LogP contribution in [0, 0.1) is 11.8 Å². The van der Waals surface area contributed by atoms with Crippen molar-refractivity contribution in [1.29, 1.82) is 0 Å². The van der Waals surface area contributed by atoms with Crippen LogP contribution in [0.15, 0.2) is 24.3 Å². The van der Waals surface area contributed by atoms with Gasteiger partial charge in [-0.25, -0.2) is 0 Å². The summed E-state index contributed by atoms with van der Waals surface area (Å²) in [6.45, 7) is 2.28. The normalized spacial score (nSPS) is 24.4. The highest BCUT2D eigenvalue weighted by molar-refractivity contribution is 5.36. The lowest BCUT2D eigenvalue weighted by atomic mass is 9.75. The third-order valence-electron chi connectivity index (χ3n) is 4.71. The van der Waals surface area contributed by atoms with Gasteiger partial charge in [0, 0.05) is 5.56 Å². The van der Waals surface area contributed by atoms with E-state index >= 15 is 0 Å². The minimum Gasteiger partial charge on any atom is -0.496 e. The number of nitrogens with two attached hydrogens (primary N) is 1. The Kier molecular flexibility index (Phi) is 5.86. The van der Waals surface area contributed by atoms with Crippen LogP contribution in [-0.2, 0) is 0 Å². The van der Waals surface area contributed by atoms with Crippen LogP contribution in [0.25, 0.3) is 0 Å². The van der Waals surface area contributed by atoms with E-state index in [-0.39, 0.29) is 6.04 Å². The number of nitrogens with one attached hydrogen (secondary N) is 1. The van der Waals surface area contributed by atoms with Crippen LogP contribution in [0.4, 0.5) is 0 Å². The van der Waals surface area contributed by atoms with Gasteiger partial charge >= 0.3 is 0 Å². The maximum Gasteiger partial charge on any atom is 0.123 e. The maximum absolute atomic E-state index is 5.85. The Morgan fingerprint density at radius 2 is 1.95 bits per heavy atom. The van der Waals surface area contributed by atoms with E-state index in [4.69, 9.17) is 10.6 Å². The lowest BCUT2D eigenvalue weighted by Gasteiger charge is -2.34. The van der Waals surface area contributed by atoms with Crippen molar-refractivity contribution in [2.45, 2.75) is 51.5 Å². The summed E-state index contributed by atoms with van der Waals surface area (Å²) in [4.78, 5) is 0. The Labute approximate surface area is 122 Å². The van der Waals surface area contributed by atoms with Crippen molar-refractivity contribution in [1.82, 2.24) is 5.43 Å². The molecule has 1 saturated carbocycles. The van der Waals surface area contributed by atoms with Gasteiger partial charge in [-0.05, 0) is 30.7 Å². The smallest absolute Gasteiger partial charge is 0.123 e. The van der Waals surface area contributed by atoms with Crippen molar-refractivity contribution >= 4 is 0 Å². The van der Waals surface area contributed by atoms with Gasteiger partial charge in [0.1, 0.15) is 5.75 Å². The molecule has 1 unspecified atom stereocenters. The molecular formula is C17H28N2O. The van der Waals surface area contributed by atoms with Gasteiger partial charge < -0.3 is 4.74 Å². The zero-order valence-corrected chi connectivity index (χ0v) is 12.8. The molecule has 3 N–H and O–H groups in total. The fraction of sp³-hybridized carbons (Fsp3) is 0.647. The number of benzene rings is 1. The summed E-state index contributed by atoms with van der Waals surface area (Å²) in [6.07, 6.45) is 7.88. The molecule has 112 valence electrons. The average molecular weight is 276 g/mol. The number of hydrogen-bond acceptors (Lipinski definition) is 3. The molecule has 0 aromatic heterocycles. The number of ether oxygens (including phenoxy) is 1. The molecule has 0 bridgehead atoms. The second kappa shape index (κ2) is 7.65. The van der Waals surface area contributed by atoms with Crippen molar-refractivity contribution in [2.24, 2.45) is 17.7 Å². The van der Waals surface area contributed by atoms with E-state index in [2.05, 4.69) is 24.5 Å². The highest BCUT2D eigenvalue weighted by atomic mass is 16.5. The van der Waals surface area contributed by atoms with E-state index in [0.717, 1.165) is 11.7 Å². The summed E-state index contributed by atoms with van der Waals surface area (Å²) < 4.78 is 5.48. The van der Waals surface area contributed by atoms with E-state index in [9.17, 15) is 0 Å². The molecule has 3 heteroatoms. The first-order valence-electron chi connectivity index (χ1n) is 7.89. The van der Waals surface area contributed by atoms with Crippen LogP contribution in [-0.4, -0.2) is 7.11 Å². The molecule has 1 aromatic rings. The Bertz CT molecular complexity index is 400. The summed E-state index contributed by atoms with van der Waals surface area (Å²) in [5, 5.41) is 0. The van der Waals surface area contributed by atoms with Crippen LogP contribution >= 0.6 is 0 Å². The monoisotopic (exact) mass is 276 g/mol. The molecule has 1 aromatic carbocycles. The Morgan fingerprint density at radius 3 is 2.55 bits per heavy atom. The summed E-state index contributed by atoms with van der Waals surface area (Å²) in [6, 6.07) is 8.41. The van der Waals surface area contributed by atoms with Gasteiger partial charge in [0.05, 0.1) is 13.2 Å². The van der Waals surface area contributed by atoms with Gasteiger partial charge in [0.15, 0.2) is 0 Å². The summed E-state index contributed by atoms with van der Waals surface area (Å²) in [5.41, 5.74) is 4.22. The first kappa shape index (κ1) is 15.3. The van der Waals surface area contributed by atoms with Crippen LogP contribution in [0.2, 0.25) is 0 Å². The molecule has 1 aliphatic carbocycles. The molecule has 0 spiro atoms. The second-order valence-corrected chi connectivity index (χ2v) is 5.96. The molecule has 1 atom stereocenters. The molecule has 0 heterocycles. The second-order valence-electron chi connectivity index (χ2n) is 5.96. The van der Waals surface area contributed by atoms with Gasteiger partial charge in [-0.2, -0.15) is 0 Å². The number of hydrazine groups is 1. The Hall–Kier alpha value is -1.06. The lowest BCUT2D eigenvalue weighted by Crippen LogP contribution is -2.35. The molecule has 0 amide bonds. The third-order valence-corrected chi connectivity index (χ3v) is 4.71. The van der Waals surface area contributed by atoms with Crippen LogP contribution in [0.3, 0.4) is 0 Å². The van der Waals surface area contributed by atoms with Gasteiger partial charge in [-0.3, -0.25) is 11.3 Å². The molecule has 0 saturated heterocycles. The fourth-order valence-electron chi connectivity index (χ4n) is 3.62. The summed E-state index contributed by atoms with van der Waals surface area (Å²) >= 11 is 0. The van der Waals surface area contributed by atoms with Crippen LogP contribution in [0.1, 0.15) is 57.1 Å². The number of para-hydroxylation sites is 1. The predicted molar refractivity (Wildman–Crippen MR) is 83.4 cm³/mol. The highest BCUT2D eigenvalue weighted by Crippen LogP contribution is 2.40. The SMILES string of the molecule is CCCC1CCC(C(NN)c2ccccc2OC)CC1. The summed E-state index contributed by atoms with van der Waals surface area (Å²) in [7, 11) is 1.73. The van der Waals surface area contributed by atoms with Crippen molar-refractivity contribution in [3.05, 3.63) is 29.8 Å². The van der Waals surface area contributed by atoms with Gasteiger partial charge in [0.2, 0.25) is 0 Å². The van der Waals surface area contributed by atoms with E-state index in [0.29, 0.717) is 5.92 Å². The van der Waals surface area contributed by atoms with Gasteiger partial charge in [-0.1, -0.05) is 50.8 Å². The van der Waals surface area contributed by atoms with Crippen molar-refractivity contribution < 1.29 is 4.74 Å². The number of hydrogen-bond donors (Lipinski definition) is 2. The average Bonchev–Trinajstić information content (AvgIpc) is 2.50. The molecule has 3 nitrogen and oxygen atoms in total. The lowest BCUT2D eigenvalue weighted by molar-refractivity contribution is 0.212. The zero-order chi connectivity index (χ0) is 14.4. The molecule has 1 fully saturated rings. The van der Waals surface area contributed by atoms with Crippen molar-refractivity contribution in [3.63, 3.8) is 0 Å². The standard InChI is InChI=1S/C17H28N2O/c1-3-6-13-9-11-14(12-10-13)17(19-18)15-7-4-5-8-16(15)20-2/h4-5,7-8,13-14,17,19H,3,6,9-12,18H2,1-2H3. The highest BCUT2D eigenvalue weighted by Gasteiger charge is 2.29. The molecule has 1 aliphatic rings. The van der Waals surface area contributed by atoms with E-state index in [1.54, 1.807) is 7.11 Å². The van der Waals surface area contributed by atoms with E-state index < -0.39 is 0 Å². The fourth-order valence-corrected chi connectivity index (χ4v) is 3.62. The Morgan fingerprint density at radius 1 is 1.25 bits per heavy atom. The van der Waals surface area contributed by atoms with E-state index in [1.165, 1.54) is 44.1 Å². The van der Waals surface area contributed by atoms with Crippen LogP contribution < -0.4 is 16.0 Å². The zero-order valence-electron chi connectivity index (χ0n) is 12.8. The van der Waals surface area contributed by atoms with E-state index in [1.807, 2.05) is 12.1 Å². The molecule has 20 heavy (non-hydrogen) atoms. The minimum atomic E-state index is 0.203. The van der Waals surface area contributed by atoms with Gasteiger partial charge in [-0.15, -0.1) is 0 Å². The van der Waals surface area contributed by atoms with Crippen molar-refractivity contribution in [2.75, 3.05) is 7.11 Å². The van der Waals surface area contributed by atoms with Crippen molar-refractivity contribution in [3.8, 4) is 5.75 Å². The third kappa shape index (κ3) is 3.53. The van der Waals surface area contributed by atoms with Crippen LogP contribution in [0.5, 0.6) is 5.75 Å². The number of methoxy groups -OCH3 is 1. The number of rotatable bonds is 6. The first-order valence-corrected chi connectivity index (χ1v) is 7.89. The minimum absolute atomic E-state index is 0.203. The molecule has 2 rings (SSSR count). The largest absolute Gasteiger partial charge is 0.496 e. The predicted octanol–water partition coefficient (Wildman–Crippen LogP) is 3.81. The molecular weight excluding hydrogens is 248 g/mol. The quantitative estimate of drug-likeness (QED) is 0.613. The maximum atomic E-state index is 5.85. The van der Waals surface area contributed by atoms with Gasteiger partial charge in [0.25, 0.3) is 0 Å². The molecule has 0 aliphatic heterocycles. The summed E-state index contributed by atoms with van der Waals surface area (Å²) in [5.74, 6) is 8.32. The topological polar surface area (TPSA) is 47.3 Å². The Balaban J connectivity index is 2.06. The first-order chi connectivity index (χ1) is 9.80. The molecule has 0 radical (unpaired) electrons.